The molecule has 0 spiro atoms. The summed E-state index contributed by atoms with van der Waals surface area (Å²) < 4.78 is 5.04. The monoisotopic (exact) mass is 255 g/mol. The Morgan fingerprint density at radius 1 is 1.53 bits per heavy atom. The van der Waals surface area contributed by atoms with Gasteiger partial charge in [0.2, 0.25) is 0 Å². The third-order valence-electron chi connectivity index (χ3n) is 2.53. The Morgan fingerprint density at radius 2 is 2.24 bits per heavy atom. The second-order valence-corrected chi connectivity index (χ2v) is 4.37. The van der Waals surface area contributed by atoms with Crippen molar-refractivity contribution in [3.05, 3.63) is 38.9 Å². The lowest BCUT2D eigenvalue weighted by atomic mass is 10.2. The smallest absolute Gasteiger partial charge is 0.338 e. The average Bonchev–Trinajstić information content (AvgIpc) is 3.09. The lowest BCUT2D eigenvalue weighted by molar-refractivity contribution is -0.384. The van der Waals surface area contributed by atoms with Crippen LogP contribution >= 0.6 is 11.6 Å². The molecule has 0 atom stereocenters. The van der Waals surface area contributed by atoms with E-state index in [1.807, 2.05) is 0 Å². The summed E-state index contributed by atoms with van der Waals surface area (Å²) in [7, 11) is 0. The average molecular weight is 256 g/mol. The molecule has 1 fully saturated rings. The van der Waals surface area contributed by atoms with Gasteiger partial charge in [0.15, 0.2) is 0 Å². The highest BCUT2D eigenvalue weighted by molar-refractivity contribution is 6.33. The van der Waals surface area contributed by atoms with Crippen molar-refractivity contribution in [2.75, 3.05) is 6.61 Å². The van der Waals surface area contributed by atoms with Gasteiger partial charge < -0.3 is 4.74 Å². The Labute approximate surface area is 102 Å². The topological polar surface area (TPSA) is 69.4 Å². The van der Waals surface area contributed by atoms with E-state index in [9.17, 15) is 14.9 Å². The van der Waals surface area contributed by atoms with Crippen LogP contribution in [0, 0.1) is 16.0 Å². The van der Waals surface area contributed by atoms with Crippen LogP contribution in [0.15, 0.2) is 18.2 Å². The van der Waals surface area contributed by atoms with Gasteiger partial charge in [-0.3, -0.25) is 10.1 Å². The van der Waals surface area contributed by atoms with E-state index in [1.165, 1.54) is 18.2 Å². The minimum absolute atomic E-state index is 0.0594. The number of hydrogen-bond donors (Lipinski definition) is 0. The number of nitro groups is 1. The molecule has 0 N–H and O–H groups in total. The number of carbonyl (C=O) groups excluding carboxylic acids is 1. The van der Waals surface area contributed by atoms with Crippen LogP contribution in [0.4, 0.5) is 5.69 Å². The molecule has 90 valence electrons. The fourth-order valence-electron chi connectivity index (χ4n) is 1.34. The van der Waals surface area contributed by atoms with Crippen molar-refractivity contribution in [1.82, 2.24) is 0 Å². The van der Waals surface area contributed by atoms with Gasteiger partial charge in [0.25, 0.3) is 5.69 Å². The first-order valence-electron chi connectivity index (χ1n) is 5.19. The van der Waals surface area contributed by atoms with Gasteiger partial charge in [0, 0.05) is 6.07 Å². The van der Waals surface area contributed by atoms with Crippen LogP contribution in [0.5, 0.6) is 0 Å². The molecule has 5 nitrogen and oxygen atoms in total. The van der Waals surface area contributed by atoms with Crippen molar-refractivity contribution in [2.45, 2.75) is 12.8 Å². The molecule has 0 bridgehead atoms. The third kappa shape index (κ3) is 2.94. The highest BCUT2D eigenvalue weighted by Gasteiger charge is 2.24. The summed E-state index contributed by atoms with van der Waals surface area (Å²) in [4.78, 5) is 21.5. The maximum absolute atomic E-state index is 11.6. The number of nitrogens with zero attached hydrogens (tertiary/aromatic N) is 1. The highest BCUT2D eigenvalue weighted by Crippen LogP contribution is 2.29. The standard InChI is InChI=1S/C11H10ClNO4/c12-9-5-8(3-4-10(9)13(15)16)11(14)17-6-7-1-2-7/h3-5,7H,1-2,6H2. The van der Waals surface area contributed by atoms with Crippen molar-refractivity contribution in [2.24, 2.45) is 5.92 Å². The Hall–Kier alpha value is -1.62. The summed E-state index contributed by atoms with van der Waals surface area (Å²) in [5.41, 5.74) is 0.0201. The zero-order valence-corrected chi connectivity index (χ0v) is 9.64. The van der Waals surface area contributed by atoms with E-state index in [0.717, 1.165) is 12.8 Å². The molecule has 2 rings (SSSR count). The first-order valence-corrected chi connectivity index (χ1v) is 5.57. The molecule has 1 aromatic rings. The van der Waals surface area contributed by atoms with Crippen molar-refractivity contribution in [3.8, 4) is 0 Å². The van der Waals surface area contributed by atoms with Gasteiger partial charge in [-0.2, -0.15) is 0 Å². The zero-order chi connectivity index (χ0) is 12.4. The van der Waals surface area contributed by atoms with Gasteiger partial charge in [-0.05, 0) is 30.9 Å². The fourth-order valence-corrected chi connectivity index (χ4v) is 1.59. The van der Waals surface area contributed by atoms with Crippen molar-refractivity contribution in [1.29, 1.82) is 0 Å². The van der Waals surface area contributed by atoms with Gasteiger partial charge in [0.05, 0.1) is 17.1 Å². The third-order valence-corrected chi connectivity index (χ3v) is 2.83. The fraction of sp³-hybridized carbons (Fsp3) is 0.364. The number of halogens is 1. The minimum Gasteiger partial charge on any atom is -0.462 e. The number of esters is 1. The van der Waals surface area contributed by atoms with Gasteiger partial charge >= 0.3 is 5.97 Å². The highest BCUT2D eigenvalue weighted by atomic mass is 35.5. The van der Waals surface area contributed by atoms with Crippen molar-refractivity contribution in [3.63, 3.8) is 0 Å². The maximum Gasteiger partial charge on any atom is 0.338 e. The predicted molar refractivity (Wildman–Crippen MR) is 61.1 cm³/mol. The molecule has 1 aromatic carbocycles. The molecule has 0 aromatic heterocycles. The molecule has 17 heavy (non-hydrogen) atoms. The number of hydrogen-bond acceptors (Lipinski definition) is 4. The molecular formula is C11H10ClNO4. The molecule has 0 aliphatic heterocycles. The summed E-state index contributed by atoms with van der Waals surface area (Å²) >= 11 is 5.69. The molecule has 1 aliphatic carbocycles. The van der Waals surface area contributed by atoms with E-state index in [4.69, 9.17) is 16.3 Å². The summed E-state index contributed by atoms with van der Waals surface area (Å²) in [5, 5.41) is 10.5. The molecule has 1 aliphatic rings. The molecule has 6 heteroatoms. The number of benzene rings is 1. The maximum atomic E-state index is 11.6. The summed E-state index contributed by atoms with van der Waals surface area (Å²) in [6.45, 7) is 0.410. The van der Waals surface area contributed by atoms with Gasteiger partial charge in [-0.15, -0.1) is 0 Å². The van der Waals surface area contributed by atoms with Crippen LogP contribution in [-0.2, 0) is 4.74 Å². The van der Waals surface area contributed by atoms with Crippen LogP contribution < -0.4 is 0 Å². The van der Waals surface area contributed by atoms with Crippen LogP contribution in [-0.4, -0.2) is 17.5 Å². The predicted octanol–water partition coefficient (Wildman–Crippen LogP) is 2.82. The molecule has 0 saturated heterocycles. The molecule has 1 saturated carbocycles. The van der Waals surface area contributed by atoms with E-state index in [0.29, 0.717) is 12.5 Å². The largest absolute Gasteiger partial charge is 0.462 e. The normalized spacial score (nSPS) is 14.4. The van der Waals surface area contributed by atoms with Gasteiger partial charge in [-0.1, -0.05) is 11.6 Å². The van der Waals surface area contributed by atoms with E-state index in [-0.39, 0.29) is 16.3 Å². The Morgan fingerprint density at radius 3 is 2.76 bits per heavy atom. The van der Waals surface area contributed by atoms with Gasteiger partial charge in [-0.25, -0.2) is 4.79 Å². The van der Waals surface area contributed by atoms with E-state index < -0.39 is 10.9 Å². The lowest BCUT2D eigenvalue weighted by Gasteiger charge is -2.04. The summed E-state index contributed by atoms with van der Waals surface area (Å²) in [6.07, 6.45) is 2.18. The summed E-state index contributed by atoms with van der Waals surface area (Å²) in [6, 6.07) is 3.81. The molecule has 0 amide bonds. The number of ether oxygens (including phenoxy) is 1. The first kappa shape index (κ1) is 11.9. The zero-order valence-electron chi connectivity index (χ0n) is 8.89. The molecule has 0 unspecified atom stereocenters. The van der Waals surface area contributed by atoms with Crippen LogP contribution in [0.2, 0.25) is 5.02 Å². The lowest BCUT2D eigenvalue weighted by Crippen LogP contribution is -2.07. The second-order valence-electron chi connectivity index (χ2n) is 3.97. The minimum atomic E-state index is -0.596. The van der Waals surface area contributed by atoms with Crippen LogP contribution in [0.25, 0.3) is 0 Å². The Kier molecular flexibility index (Phi) is 3.28. The van der Waals surface area contributed by atoms with Crippen molar-refractivity contribution >= 4 is 23.3 Å². The molecular weight excluding hydrogens is 246 g/mol. The summed E-state index contributed by atoms with van der Waals surface area (Å²) in [5.74, 6) is -0.0128. The first-order chi connectivity index (χ1) is 8.08. The SMILES string of the molecule is O=C(OCC1CC1)c1ccc([N+](=O)[O-])c(Cl)c1. The quantitative estimate of drug-likeness (QED) is 0.471. The van der Waals surface area contributed by atoms with Crippen LogP contribution in [0.3, 0.4) is 0 Å². The van der Waals surface area contributed by atoms with E-state index >= 15 is 0 Å². The number of rotatable bonds is 4. The number of carbonyl (C=O) groups is 1. The molecule has 0 radical (unpaired) electrons. The Bertz CT molecular complexity index is 471. The van der Waals surface area contributed by atoms with E-state index in [2.05, 4.69) is 0 Å². The Balaban J connectivity index is 2.07. The number of nitro benzene ring substituents is 1. The van der Waals surface area contributed by atoms with Gasteiger partial charge in [0.1, 0.15) is 5.02 Å². The van der Waals surface area contributed by atoms with Crippen LogP contribution in [0.1, 0.15) is 23.2 Å². The van der Waals surface area contributed by atoms with Crippen molar-refractivity contribution < 1.29 is 14.5 Å². The van der Waals surface area contributed by atoms with E-state index in [1.54, 1.807) is 0 Å². The second kappa shape index (κ2) is 4.71. The molecule has 0 heterocycles.